The van der Waals surface area contributed by atoms with Gasteiger partial charge in [-0.1, -0.05) is 26.2 Å². The fourth-order valence-corrected chi connectivity index (χ4v) is 3.06. The molecule has 0 rings (SSSR count). The maximum atomic E-state index is 10.4. The molecule has 0 N–H and O–H groups in total. The van der Waals surface area contributed by atoms with Gasteiger partial charge in [0.05, 0.1) is 0 Å². The minimum absolute atomic E-state index is 0. The van der Waals surface area contributed by atoms with Gasteiger partial charge in [0.2, 0.25) is 0 Å². The average Bonchev–Trinajstić information content (AvgIpc) is 1.92. The first kappa shape index (κ1) is 23.0. The van der Waals surface area contributed by atoms with Gasteiger partial charge in [-0.2, -0.15) is 0 Å². The molecule has 0 fully saturated rings. The molecule has 0 heterocycles. The molecular formula is C6H12Na2O6S2. The quantitative estimate of drug-likeness (QED) is 0.273. The van der Waals surface area contributed by atoms with Gasteiger partial charge in [-0.15, -0.1) is 0 Å². The molecule has 0 aromatic rings. The Bertz CT molecular complexity index is 330. The predicted molar refractivity (Wildman–Crippen MR) is 47.3 cm³/mol. The third-order valence-electron chi connectivity index (χ3n) is 1.69. The molecule has 0 aromatic heterocycles. The minimum Gasteiger partial charge on any atom is -0.747 e. The summed E-state index contributed by atoms with van der Waals surface area (Å²) in [6.45, 7) is 1.83. The molecule has 6 nitrogen and oxygen atoms in total. The van der Waals surface area contributed by atoms with Crippen molar-refractivity contribution in [1.29, 1.82) is 0 Å². The summed E-state index contributed by atoms with van der Waals surface area (Å²) in [5.74, 6) is 0. The van der Waals surface area contributed by atoms with Crippen LogP contribution in [-0.2, 0) is 20.2 Å². The van der Waals surface area contributed by atoms with E-state index in [1.165, 1.54) is 0 Å². The fraction of sp³-hybridized carbons (Fsp3) is 1.00. The van der Waals surface area contributed by atoms with E-state index in [2.05, 4.69) is 0 Å². The van der Waals surface area contributed by atoms with E-state index < -0.39 is 31.2 Å². The van der Waals surface area contributed by atoms with Crippen LogP contribution in [0.1, 0.15) is 32.6 Å². The second kappa shape index (κ2) is 9.71. The van der Waals surface area contributed by atoms with Crippen molar-refractivity contribution in [3.05, 3.63) is 0 Å². The van der Waals surface area contributed by atoms with Gasteiger partial charge < -0.3 is 9.11 Å². The standard InChI is InChI=1S/C6H14O6S2.2Na/c1-2-3-4-5-6(13(7,8)9)14(10,11)12;;/h6H,2-5H2,1H3,(H,7,8,9)(H,10,11,12);;/q;2*+1/p-2. The van der Waals surface area contributed by atoms with Gasteiger partial charge in [0, 0.05) is 0 Å². The molecule has 86 valence electrons. The van der Waals surface area contributed by atoms with E-state index >= 15 is 0 Å². The Balaban J connectivity index is -0.000000845. The van der Waals surface area contributed by atoms with Gasteiger partial charge in [0.15, 0.2) is 0 Å². The van der Waals surface area contributed by atoms with E-state index in [1.54, 1.807) is 0 Å². The molecule has 0 radical (unpaired) electrons. The van der Waals surface area contributed by atoms with Gasteiger partial charge >= 0.3 is 59.1 Å². The first-order valence-electron chi connectivity index (χ1n) is 4.09. The molecule has 0 aliphatic heterocycles. The number of unbranched alkanes of at least 4 members (excludes halogenated alkanes) is 2. The first-order valence-corrected chi connectivity index (χ1v) is 7.03. The van der Waals surface area contributed by atoms with E-state index in [1.807, 2.05) is 6.92 Å². The Morgan fingerprint density at radius 1 is 0.938 bits per heavy atom. The smallest absolute Gasteiger partial charge is 0.747 e. The monoisotopic (exact) mass is 290 g/mol. The van der Waals surface area contributed by atoms with Crippen molar-refractivity contribution in [3.63, 3.8) is 0 Å². The van der Waals surface area contributed by atoms with Crippen LogP contribution in [0.2, 0.25) is 0 Å². The molecular weight excluding hydrogens is 278 g/mol. The molecule has 0 spiro atoms. The second-order valence-corrected chi connectivity index (χ2v) is 6.32. The molecule has 16 heavy (non-hydrogen) atoms. The molecule has 0 amide bonds. The van der Waals surface area contributed by atoms with E-state index in [-0.39, 0.29) is 65.5 Å². The largest absolute Gasteiger partial charge is 1.00 e. The summed E-state index contributed by atoms with van der Waals surface area (Å²) in [4.78, 5) is 0. The maximum Gasteiger partial charge on any atom is 1.00 e. The van der Waals surface area contributed by atoms with Crippen LogP contribution in [0, 0.1) is 0 Å². The van der Waals surface area contributed by atoms with Crippen molar-refractivity contribution in [1.82, 2.24) is 0 Å². The van der Waals surface area contributed by atoms with E-state index in [0.29, 0.717) is 6.42 Å². The van der Waals surface area contributed by atoms with Crippen molar-refractivity contribution >= 4 is 20.2 Å². The van der Waals surface area contributed by atoms with E-state index in [9.17, 15) is 25.9 Å². The molecule has 0 unspecified atom stereocenters. The number of rotatable bonds is 6. The molecule has 0 aliphatic carbocycles. The topological polar surface area (TPSA) is 114 Å². The van der Waals surface area contributed by atoms with Gasteiger partial charge in [-0.25, -0.2) is 16.8 Å². The molecule has 0 aromatic carbocycles. The molecule has 0 atom stereocenters. The fourth-order valence-electron chi connectivity index (χ4n) is 0.994. The maximum absolute atomic E-state index is 10.4. The van der Waals surface area contributed by atoms with Crippen LogP contribution in [0.4, 0.5) is 0 Å². The SMILES string of the molecule is CCCCCC(S(=O)(=O)[O-])S(=O)(=O)[O-].[Na+].[Na+]. The Morgan fingerprint density at radius 2 is 1.31 bits per heavy atom. The number of hydrogen-bond acceptors (Lipinski definition) is 6. The molecule has 0 saturated carbocycles. The third-order valence-corrected chi connectivity index (χ3v) is 4.86. The van der Waals surface area contributed by atoms with Crippen LogP contribution < -0.4 is 59.1 Å². The zero-order valence-electron chi connectivity index (χ0n) is 9.67. The van der Waals surface area contributed by atoms with Crippen molar-refractivity contribution < 1.29 is 85.1 Å². The van der Waals surface area contributed by atoms with Crippen molar-refractivity contribution in [2.75, 3.05) is 0 Å². The van der Waals surface area contributed by atoms with Gasteiger partial charge in [0.1, 0.15) is 24.8 Å². The van der Waals surface area contributed by atoms with Crippen LogP contribution >= 0.6 is 0 Å². The van der Waals surface area contributed by atoms with Crippen molar-refractivity contribution in [2.24, 2.45) is 0 Å². The van der Waals surface area contributed by atoms with Crippen LogP contribution in [-0.4, -0.2) is 30.5 Å². The summed E-state index contributed by atoms with van der Waals surface area (Å²) in [6, 6.07) is 0. The van der Waals surface area contributed by atoms with Gasteiger partial charge in [0.25, 0.3) is 0 Å². The molecule has 10 heteroatoms. The average molecular weight is 290 g/mol. The zero-order chi connectivity index (χ0) is 11.4. The minimum atomic E-state index is -5.05. The molecule has 0 bridgehead atoms. The third kappa shape index (κ3) is 9.81. The van der Waals surface area contributed by atoms with Crippen LogP contribution in [0.15, 0.2) is 0 Å². The van der Waals surface area contributed by atoms with Gasteiger partial charge in [-0.05, 0) is 6.42 Å². The normalized spacial score (nSPS) is 11.8. The first-order chi connectivity index (χ1) is 6.19. The summed E-state index contributed by atoms with van der Waals surface area (Å²) in [5.41, 5.74) is 0. The summed E-state index contributed by atoms with van der Waals surface area (Å²) < 4.78 is 60.3. The van der Waals surface area contributed by atoms with E-state index in [4.69, 9.17) is 0 Å². The van der Waals surface area contributed by atoms with Crippen molar-refractivity contribution in [2.45, 2.75) is 37.2 Å². The van der Waals surface area contributed by atoms with Crippen molar-refractivity contribution in [3.8, 4) is 0 Å². The van der Waals surface area contributed by atoms with Crippen LogP contribution in [0.25, 0.3) is 0 Å². The Labute approximate surface area is 141 Å². The molecule has 0 aliphatic rings. The second-order valence-electron chi connectivity index (χ2n) is 2.91. The summed E-state index contributed by atoms with van der Waals surface area (Å²) in [5, 5.41) is 0. The summed E-state index contributed by atoms with van der Waals surface area (Å²) >= 11 is 0. The summed E-state index contributed by atoms with van der Waals surface area (Å²) in [6.07, 6.45) is 1.15. The Kier molecular flexibility index (Phi) is 13.9. The Morgan fingerprint density at radius 3 is 1.56 bits per heavy atom. The zero-order valence-corrected chi connectivity index (χ0v) is 15.3. The van der Waals surface area contributed by atoms with Crippen LogP contribution in [0.5, 0.6) is 0 Å². The Hall–Kier alpha value is 1.82. The van der Waals surface area contributed by atoms with Gasteiger partial charge in [-0.3, -0.25) is 0 Å². The van der Waals surface area contributed by atoms with Crippen LogP contribution in [0.3, 0.4) is 0 Å². The summed E-state index contributed by atoms with van der Waals surface area (Å²) in [7, 11) is -10.1. The molecule has 0 saturated heterocycles. The predicted octanol–water partition coefficient (Wildman–Crippen LogP) is -6.01. The number of hydrogen-bond donors (Lipinski definition) is 0. The van der Waals surface area contributed by atoms with E-state index in [0.717, 1.165) is 6.42 Å².